The van der Waals surface area contributed by atoms with Crippen LogP contribution < -0.4 is 5.32 Å². The number of thioether (sulfide) groups is 1. The van der Waals surface area contributed by atoms with E-state index in [4.69, 9.17) is 0 Å². The van der Waals surface area contributed by atoms with Gasteiger partial charge in [-0.15, -0.1) is 10.2 Å². The quantitative estimate of drug-likeness (QED) is 0.417. The minimum Gasteiger partial charge on any atom is -0.353 e. The average Bonchev–Trinajstić information content (AvgIpc) is 3.27. The van der Waals surface area contributed by atoms with Crippen molar-refractivity contribution < 1.29 is 4.79 Å². The van der Waals surface area contributed by atoms with Crippen molar-refractivity contribution in [1.29, 1.82) is 0 Å². The SMILES string of the molecule is CCc1cccc(CC)c1-n1c(SCC(=O)NC2CCCCCCC2)nnc1-c1cccnc1. The largest absolute Gasteiger partial charge is 0.353 e. The molecule has 2 heterocycles. The van der Waals surface area contributed by atoms with Gasteiger partial charge in [0.15, 0.2) is 11.0 Å². The van der Waals surface area contributed by atoms with E-state index < -0.39 is 0 Å². The van der Waals surface area contributed by atoms with Crippen molar-refractivity contribution in [2.45, 2.75) is 82.8 Å². The van der Waals surface area contributed by atoms with Gasteiger partial charge in [0.05, 0.1) is 11.4 Å². The lowest BCUT2D eigenvalue weighted by Gasteiger charge is -2.21. The molecule has 1 N–H and O–H groups in total. The number of pyridine rings is 1. The molecule has 0 saturated heterocycles. The predicted octanol–water partition coefficient (Wildman–Crippen LogP) is 5.78. The number of carbonyl (C=O) groups is 1. The lowest BCUT2D eigenvalue weighted by Crippen LogP contribution is -2.36. The third-order valence-corrected chi connectivity index (χ3v) is 7.47. The number of benzene rings is 1. The Hall–Kier alpha value is -2.67. The van der Waals surface area contributed by atoms with Crippen molar-refractivity contribution in [2.75, 3.05) is 5.75 Å². The predicted molar refractivity (Wildman–Crippen MR) is 138 cm³/mol. The van der Waals surface area contributed by atoms with Crippen LogP contribution in [0.3, 0.4) is 0 Å². The van der Waals surface area contributed by atoms with Gasteiger partial charge in [-0.05, 0) is 48.9 Å². The molecule has 1 aromatic carbocycles. The van der Waals surface area contributed by atoms with Crippen LogP contribution in [0, 0.1) is 0 Å². The first-order valence-electron chi connectivity index (χ1n) is 12.6. The van der Waals surface area contributed by atoms with Crippen molar-refractivity contribution in [2.24, 2.45) is 0 Å². The highest BCUT2D eigenvalue weighted by Crippen LogP contribution is 2.32. The molecule has 0 radical (unpaired) electrons. The van der Waals surface area contributed by atoms with E-state index in [9.17, 15) is 4.79 Å². The molecule has 34 heavy (non-hydrogen) atoms. The van der Waals surface area contributed by atoms with Crippen molar-refractivity contribution in [3.8, 4) is 17.1 Å². The van der Waals surface area contributed by atoms with Gasteiger partial charge in [-0.1, -0.05) is 75.9 Å². The molecule has 180 valence electrons. The highest BCUT2D eigenvalue weighted by molar-refractivity contribution is 7.99. The average molecular weight is 478 g/mol. The Morgan fingerprint density at radius 3 is 2.35 bits per heavy atom. The lowest BCUT2D eigenvalue weighted by atomic mass is 9.97. The smallest absolute Gasteiger partial charge is 0.230 e. The summed E-state index contributed by atoms with van der Waals surface area (Å²) in [5.74, 6) is 1.16. The van der Waals surface area contributed by atoms with E-state index in [1.165, 1.54) is 55.0 Å². The summed E-state index contributed by atoms with van der Waals surface area (Å²) in [7, 11) is 0. The normalized spacial score (nSPS) is 15.0. The van der Waals surface area contributed by atoms with Crippen LogP contribution in [0.5, 0.6) is 0 Å². The Labute approximate surface area is 207 Å². The van der Waals surface area contributed by atoms with Crippen LogP contribution >= 0.6 is 11.8 Å². The molecule has 4 rings (SSSR count). The molecule has 1 aliphatic carbocycles. The highest BCUT2D eigenvalue weighted by atomic mass is 32.2. The number of nitrogens with zero attached hydrogens (tertiary/aromatic N) is 4. The van der Waals surface area contributed by atoms with Crippen LogP contribution in [-0.2, 0) is 17.6 Å². The zero-order chi connectivity index (χ0) is 23.8. The minimum absolute atomic E-state index is 0.0764. The van der Waals surface area contributed by atoms with E-state index in [0.717, 1.165) is 47.9 Å². The summed E-state index contributed by atoms with van der Waals surface area (Å²) in [5.41, 5.74) is 4.52. The standard InChI is InChI=1S/C27H35N5OS/c1-3-20-12-10-13-21(4-2)25(20)32-26(22-14-11-17-28-18-22)30-31-27(32)34-19-24(33)29-23-15-8-6-5-7-9-16-23/h10-14,17-18,23H,3-9,15-16,19H2,1-2H3,(H,29,33). The van der Waals surface area contributed by atoms with E-state index in [-0.39, 0.29) is 5.91 Å². The maximum absolute atomic E-state index is 12.9. The molecule has 1 fully saturated rings. The molecule has 3 aromatic rings. The zero-order valence-corrected chi connectivity index (χ0v) is 21.1. The summed E-state index contributed by atoms with van der Waals surface area (Å²) in [6.45, 7) is 4.34. The highest BCUT2D eigenvalue weighted by Gasteiger charge is 2.22. The van der Waals surface area contributed by atoms with Gasteiger partial charge >= 0.3 is 0 Å². The first-order valence-corrected chi connectivity index (χ1v) is 13.6. The fraction of sp³-hybridized carbons (Fsp3) is 0.481. The number of hydrogen-bond donors (Lipinski definition) is 1. The second-order valence-electron chi connectivity index (χ2n) is 8.91. The van der Waals surface area contributed by atoms with E-state index in [1.807, 2.05) is 18.3 Å². The molecule has 2 aromatic heterocycles. The van der Waals surface area contributed by atoms with E-state index >= 15 is 0 Å². The maximum Gasteiger partial charge on any atom is 0.230 e. The van der Waals surface area contributed by atoms with Crippen LogP contribution in [0.4, 0.5) is 0 Å². The van der Waals surface area contributed by atoms with E-state index in [2.05, 4.69) is 57.1 Å². The number of aromatic nitrogens is 4. The summed E-state index contributed by atoms with van der Waals surface area (Å²) in [6, 6.07) is 10.7. The number of amides is 1. The number of nitrogens with one attached hydrogen (secondary N) is 1. The van der Waals surface area contributed by atoms with Crippen molar-refractivity contribution in [3.63, 3.8) is 0 Å². The second kappa shape index (κ2) is 12.2. The fourth-order valence-corrected chi connectivity index (χ4v) is 5.50. The molecule has 7 heteroatoms. The van der Waals surface area contributed by atoms with Crippen molar-refractivity contribution in [1.82, 2.24) is 25.1 Å². The minimum atomic E-state index is 0.0764. The number of rotatable bonds is 8. The van der Waals surface area contributed by atoms with Crippen LogP contribution in [-0.4, -0.2) is 37.5 Å². The third kappa shape index (κ3) is 5.87. The molecule has 6 nitrogen and oxygen atoms in total. The molecular formula is C27H35N5OS. The van der Waals surface area contributed by atoms with Crippen LogP contribution in [0.2, 0.25) is 0 Å². The van der Waals surface area contributed by atoms with Gasteiger partial charge in [0.1, 0.15) is 0 Å². The number of para-hydroxylation sites is 1. The molecular weight excluding hydrogens is 442 g/mol. The molecule has 0 bridgehead atoms. The lowest BCUT2D eigenvalue weighted by molar-refractivity contribution is -0.119. The van der Waals surface area contributed by atoms with Gasteiger partial charge in [0.25, 0.3) is 0 Å². The van der Waals surface area contributed by atoms with Crippen LogP contribution in [0.15, 0.2) is 47.9 Å². The molecule has 0 atom stereocenters. The molecule has 0 spiro atoms. The monoisotopic (exact) mass is 477 g/mol. The molecule has 1 saturated carbocycles. The van der Waals surface area contributed by atoms with Gasteiger partial charge in [-0.2, -0.15) is 0 Å². The van der Waals surface area contributed by atoms with Crippen LogP contribution in [0.1, 0.15) is 69.9 Å². The summed E-state index contributed by atoms with van der Waals surface area (Å²) in [4.78, 5) is 17.1. The Balaban J connectivity index is 1.61. The third-order valence-electron chi connectivity index (χ3n) is 6.54. The molecule has 1 amide bonds. The zero-order valence-electron chi connectivity index (χ0n) is 20.3. The number of hydrogen-bond acceptors (Lipinski definition) is 5. The van der Waals surface area contributed by atoms with Gasteiger partial charge < -0.3 is 5.32 Å². The van der Waals surface area contributed by atoms with Crippen molar-refractivity contribution in [3.05, 3.63) is 53.9 Å². The first kappa shape index (κ1) is 24.5. The Bertz CT molecular complexity index is 1050. The van der Waals surface area contributed by atoms with Crippen molar-refractivity contribution >= 4 is 17.7 Å². The van der Waals surface area contributed by atoms with Gasteiger partial charge in [0, 0.05) is 24.0 Å². The summed E-state index contributed by atoms with van der Waals surface area (Å²) >= 11 is 1.46. The first-order chi connectivity index (χ1) is 16.7. The molecule has 1 aliphatic rings. The number of aryl methyl sites for hydroxylation is 2. The molecule has 0 aliphatic heterocycles. The van der Waals surface area contributed by atoms with Gasteiger partial charge in [-0.3, -0.25) is 14.3 Å². The van der Waals surface area contributed by atoms with Crippen LogP contribution in [0.25, 0.3) is 17.1 Å². The maximum atomic E-state index is 12.9. The van der Waals surface area contributed by atoms with Gasteiger partial charge in [0.2, 0.25) is 5.91 Å². The topological polar surface area (TPSA) is 72.7 Å². The Morgan fingerprint density at radius 2 is 1.71 bits per heavy atom. The second-order valence-corrected chi connectivity index (χ2v) is 9.86. The molecule has 0 unspecified atom stereocenters. The van der Waals surface area contributed by atoms with Gasteiger partial charge in [-0.25, -0.2) is 0 Å². The fourth-order valence-electron chi connectivity index (χ4n) is 4.75. The Morgan fingerprint density at radius 1 is 1.00 bits per heavy atom. The number of carbonyl (C=O) groups excluding carboxylic acids is 1. The summed E-state index contributed by atoms with van der Waals surface area (Å²) in [6.07, 6.45) is 13.8. The van der Waals surface area contributed by atoms with E-state index in [1.54, 1.807) is 6.20 Å². The summed E-state index contributed by atoms with van der Waals surface area (Å²) in [5, 5.41) is 13.1. The summed E-state index contributed by atoms with van der Waals surface area (Å²) < 4.78 is 2.13. The van der Waals surface area contributed by atoms with E-state index in [0.29, 0.717) is 11.8 Å². The Kier molecular flexibility index (Phi) is 8.74.